The van der Waals surface area contributed by atoms with Crippen LogP contribution in [0, 0.1) is 17.0 Å². The molecule has 1 aliphatic rings. The molecule has 1 heterocycles. The molecular weight excluding hydrogens is 456 g/mol. The second kappa shape index (κ2) is 11.5. The predicted molar refractivity (Wildman–Crippen MR) is 141 cm³/mol. The van der Waals surface area contributed by atoms with Crippen LogP contribution in [0.3, 0.4) is 0 Å². The van der Waals surface area contributed by atoms with Crippen molar-refractivity contribution < 1.29 is 19.2 Å². The molecule has 0 atom stereocenters. The number of piperidine rings is 1. The molecule has 1 fully saturated rings. The summed E-state index contributed by atoms with van der Waals surface area (Å²) in [5.41, 5.74) is 4.00. The second-order valence-corrected chi connectivity index (χ2v) is 8.88. The number of rotatable bonds is 9. The Bertz CT molecular complexity index is 1260. The number of methoxy groups -OCH3 is 1. The van der Waals surface area contributed by atoms with Crippen LogP contribution < -0.4 is 14.4 Å². The van der Waals surface area contributed by atoms with Crippen molar-refractivity contribution in [3.05, 3.63) is 99.1 Å². The molecule has 0 aliphatic carbocycles. The number of hydrogen-bond donors (Lipinski definition) is 0. The van der Waals surface area contributed by atoms with Crippen molar-refractivity contribution >= 4 is 23.2 Å². The van der Waals surface area contributed by atoms with E-state index in [0.29, 0.717) is 16.9 Å². The van der Waals surface area contributed by atoms with Gasteiger partial charge in [-0.05, 0) is 85.9 Å². The largest absolute Gasteiger partial charge is 0.496 e. The molecule has 7 nitrogen and oxygen atoms in total. The monoisotopic (exact) mass is 486 g/mol. The molecule has 0 amide bonds. The van der Waals surface area contributed by atoms with Crippen LogP contribution in [0.1, 0.15) is 46.3 Å². The number of ether oxygens (including phenoxy) is 2. The number of benzene rings is 3. The van der Waals surface area contributed by atoms with E-state index in [1.807, 2.05) is 36.4 Å². The number of nitro benzene ring substituents is 1. The zero-order valence-corrected chi connectivity index (χ0v) is 20.6. The molecule has 1 saturated heterocycles. The van der Waals surface area contributed by atoms with Crippen LogP contribution in [0.5, 0.6) is 11.5 Å². The quantitative estimate of drug-likeness (QED) is 0.151. The van der Waals surface area contributed by atoms with Crippen molar-refractivity contribution in [2.24, 2.45) is 0 Å². The van der Waals surface area contributed by atoms with Crippen LogP contribution in [0.2, 0.25) is 0 Å². The summed E-state index contributed by atoms with van der Waals surface area (Å²) < 4.78 is 11.2. The minimum Gasteiger partial charge on any atom is -0.496 e. The van der Waals surface area contributed by atoms with Gasteiger partial charge in [0.05, 0.1) is 12.0 Å². The van der Waals surface area contributed by atoms with Crippen LogP contribution in [0.15, 0.2) is 66.7 Å². The zero-order valence-electron chi connectivity index (χ0n) is 20.6. The SMILES string of the molecule is COc1ccc(/C=C/C(=O)c2ccc(N3CCCCC3)cc2)cc1COc1ccc(C)cc1[N+](=O)[O-]. The normalized spacial score (nSPS) is 13.6. The highest BCUT2D eigenvalue weighted by atomic mass is 16.6. The number of aryl methyl sites for hydroxylation is 1. The number of anilines is 1. The van der Waals surface area contributed by atoms with Gasteiger partial charge in [-0.15, -0.1) is 0 Å². The van der Waals surface area contributed by atoms with Crippen LogP contribution in [-0.2, 0) is 6.61 Å². The summed E-state index contributed by atoms with van der Waals surface area (Å²) >= 11 is 0. The first-order valence-electron chi connectivity index (χ1n) is 12.1. The fraction of sp³-hybridized carbons (Fsp3) is 0.276. The van der Waals surface area contributed by atoms with E-state index < -0.39 is 4.92 Å². The molecular formula is C29H30N2O5. The minimum absolute atomic E-state index is 0.0795. The van der Waals surface area contributed by atoms with E-state index in [0.717, 1.165) is 29.9 Å². The summed E-state index contributed by atoms with van der Waals surface area (Å²) in [6.07, 6.45) is 6.99. The van der Waals surface area contributed by atoms with E-state index in [-0.39, 0.29) is 23.8 Å². The number of allylic oxidation sites excluding steroid dienone is 1. The molecule has 0 radical (unpaired) electrons. The number of ketones is 1. The summed E-state index contributed by atoms with van der Waals surface area (Å²) in [7, 11) is 1.56. The lowest BCUT2D eigenvalue weighted by molar-refractivity contribution is -0.386. The van der Waals surface area contributed by atoms with Gasteiger partial charge in [0.15, 0.2) is 11.5 Å². The van der Waals surface area contributed by atoms with Crippen molar-refractivity contribution in [3.63, 3.8) is 0 Å². The van der Waals surface area contributed by atoms with E-state index in [1.165, 1.54) is 25.3 Å². The Morgan fingerprint density at radius 3 is 2.42 bits per heavy atom. The van der Waals surface area contributed by atoms with Crippen LogP contribution >= 0.6 is 0 Å². The Kier molecular flexibility index (Phi) is 8.00. The highest BCUT2D eigenvalue weighted by molar-refractivity contribution is 6.07. The smallest absolute Gasteiger partial charge is 0.311 e. The Labute approximate surface area is 211 Å². The number of carbonyl (C=O) groups is 1. The Balaban J connectivity index is 1.45. The Hall–Kier alpha value is -4.13. The summed E-state index contributed by atoms with van der Waals surface area (Å²) in [5.74, 6) is 0.711. The fourth-order valence-electron chi connectivity index (χ4n) is 4.32. The lowest BCUT2D eigenvalue weighted by atomic mass is 10.1. The summed E-state index contributed by atoms with van der Waals surface area (Å²) in [4.78, 5) is 26.0. The molecule has 3 aromatic rings. The summed E-state index contributed by atoms with van der Waals surface area (Å²) in [6.45, 7) is 4.00. The molecule has 3 aromatic carbocycles. The Morgan fingerprint density at radius 1 is 1.00 bits per heavy atom. The topological polar surface area (TPSA) is 81.9 Å². The maximum Gasteiger partial charge on any atom is 0.311 e. The van der Waals surface area contributed by atoms with E-state index in [4.69, 9.17) is 9.47 Å². The Morgan fingerprint density at radius 2 is 1.72 bits per heavy atom. The van der Waals surface area contributed by atoms with Gasteiger partial charge in [-0.3, -0.25) is 14.9 Å². The van der Waals surface area contributed by atoms with E-state index >= 15 is 0 Å². The molecule has 0 saturated carbocycles. The van der Waals surface area contributed by atoms with Gasteiger partial charge < -0.3 is 14.4 Å². The predicted octanol–water partition coefficient (Wildman–Crippen LogP) is 6.38. The average molecular weight is 487 g/mol. The summed E-state index contributed by atoms with van der Waals surface area (Å²) in [6, 6.07) is 18.1. The van der Waals surface area contributed by atoms with Crippen molar-refractivity contribution in [1.82, 2.24) is 0 Å². The van der Waals surface area contributed by atoms with Gasteiger partial charge in [0, 0.05) is 36.0 Å². The van der Waals surface area contributed by atoms with Crippen molar-refractivity contribution in [1.29, 1.82) is 0 Å². The minimum atomic E-state index is -0.455. The van der Waals surface area contributed by atoms with Crippen molar-refractivity contribution in [3.8, 4) is 11.5 Å². The first kappa shape index (κ1) is 25.0. The van der Waals surface area contributed by atoms with Crippen molar-refractivity contribution in [2.75, 3.05) is 25.1 Å². The highest BCUT2D eigenvalue weighted by Gasteiger charge is 2.16. The molecule has 0 spiro atoms. The van der Waals surface area contributed by atoms with Gasteiger partial charge in [0.1, 0.15) is 12.4 Å². The third-order valence-corrected chi connectivity index (χ3v) is 6.30. The average Bonchev–Trinajstić information content (AvgIpc) is 2.91. The molecule has 1 aliphatic heterocycles. The molecule has 0 aromatic heterocycles. The molecule has 186 valence electrons. The molecule has 0 bridgehead atoms. The number of carbonyl (C=O) groups excluding carboxylic acids is 1. The van der Waals surface area contributed by atoms with E-state index in [9.17, 15) is 14.9 Å². The van der Waals surface area contributed by atoms with Gasteiger partial charge in [-0.1, -0.05) is 18.2 Å². The highest BCUT2D eigenvalue weighted by Crippen LogP contribution is 2.30. The first-order valence-corrected chi connectivity index (χ1v) is 12.1. The van der Waals surface area contributed by atoms with E-state index in [2.05, 4.69) is 4.90 Å². The fourth-order valence-corrected chi connectivity index (χ4v) is 4.32. The van der Waals surface area contributed by atoms with Gasteiger partial charge in [0.25, 0.3) is 0 Å². The van der Waals surface area contributed by atoms with Gasteiger partial charge >= 0.3 is 5.69 Å². The van der Waals surface area contributed by atoms with Gasteiger partial charge in [-0.25, -0.2) is 0 Å². The van der Waals surface area contributed by atoms with Gasteiger partial charge in [0.2, 0.25) is 0 Å². The second-order valence-electron chi connectivity index (χ2n) is 8.88. The van der Waals surface area contributed by atoms with Crippen LogP contribution in [0.4, 0.5) is 11.4 Å². The molecule has 4 rings (SSSR count). The zero-order chi connectivity index (χ0) is 25.5. The molecule has 7 heteroatoms. The van der Waals surface area contributed by atoms with Gasteiger partial charge in [-0.2, -0.15) is 0 Å². The standard InChI is InChI=1S/C29H30N2O5/c1-21-6-14-29(26(18-21)31(33)34)36-20-24-19-22(8-15-28(24)35-2)7-13-27(32)23-9-11-25(12-10-23)30-16-4-3-5-17-30/h6-15,18-19H,3-5,16-17,20H2,1-2H3/b13-7+. The lowest BCUT2D eigenvalue weighted by Crippen LogP contribution is -2.29. The molecule has 0 unspecified atom stereocenters. The number of nitro groups is 1. The summed E-state index contributed by atoms with van der Waals surface area (Å²) in [5, 5.41) is 11.4. The molecule has 36 heavy (non-hydrogen) atoms. The number of hydrogen-bond acceptors (Lipinski definition) is 6. The first-order chi connectivity index (χ1) is 17.4. The lowest BCUT2D eigenvalue weighted by Gasteiger charge is -2.28. The maximum absolute atomic E-state index is 12.7. The van der Waals surface area contributed by atoms with E-state index in [1.54, 1.807) is 44.4 Å². The third-order valence-electron chi connectivity index (χ3n) is 6.30. The van der Waals surface area contributed by atoms with Crippen molar-refractivity contribution in [2.45, 2.75) is 32.8 Å². The van der Waals surface area contributed by atoms with Crippen LogP contribution in [-0.4, -0.2) is 30.9 Å². The van der Waals surface area contributed by atoms with Crippen LogP contribution in [0.25, 0.3) is 6.08 Å². The third kappa shape index (κ3) is 6.10. The number of nitrogens with zero attached hydrogens (tertiary/aromatic N) is 2. The molecule has 0 N–H and O–H groups in total. The maximum atomic E-state index is 12.7.